The van der Waals surface area contributed by atoms with Gasteiger partial charge < -0.3 is 4.90 Å². The molecule has 1 amide bonds. The minimum Gasteiger partial charge on any atom is -0.306 e. The van der Waals surface area contributed by atoms with Crippen LogP contribution in [0, 0.1) is 6.92 Å². The first kappa shape index (κ1) is 21.0. The first-order valence-electron chi connectivity index (χ1n) is 9.49. The molecule has 0 N–H and O–H groups in total. The quantitative estimate of drug-likeness (QED) is 0.634. The van der Waals surface area contributed by atoms with E-state index in [-0.39, 0.29) is 22.9 Å². The van der Waals surface area contributed by atoms with Gasteiger partial charge in [0.2, 0.25) is 0 Å². The van der Waals surface area contributed by atoms with E-state index in [1.165, 1.54) is 12.1 Å². The van der Waals surface area contributed by atoms with Crippen molar-refractivity contribution in [1.82, 2.24) is 14.8 Å². The lowest BCUT2D eigenvalue weighted by atomic mass is 10.1. The molecule has 2 aromatic heterocycles. The molecule has 0 radical (unpaired) electrons. The number of sulfone groups is 1. The van der Waals surface area contributed by atoms with Crippen molar-refractivity contribution in [2.75, 3.05) is 11.2 Å². The molecule has 0 aliphatic carbocycles. The first-order valence-corrected chi connectivity index (χ1v) is 11.4. The van der Waals surface area contributed by atoms with E-state index >= 15 is 0 Å². The molecule has 154 valence electrons. The summed E-state index contributed by atoms with van der Waals surface area (Å²) in [5.41, 5.74) is 2.52. The number of pyridine rings is 1. The van der Waals surface area contributed by atoms with E-state index in [2.05, 4.69) is 10.1 Å². The van der Waals surface area contributed by atoms with E-state index in [4.69, 9.17) is 0 Å². The number of carbonyl (C=O) groups excluding carboxylic acids is 1. The summed E-state index contributed by atoms with van der Waals surface area (Å²) in [5.74, 6) is -0.184. The number of nitrogens with zero attached hydrogens (tertiary/aromatic N) is 4. The molecule has 0 saturated carbocycles. The number of aryl methyl sites for hydroxylation is 1. The van der Waals surface area contributed by atoms with Crippen LogP contribution in [0.3, 0.4) is 0 Å². The smallest absolute Gasteiger partial charge is 0.260 e. The van der Waals surface area contributed by atoms with E-state index < -0.39 is 9.84 Å². The third-order valence-electron chi connectivity index (χ3n) is 4.76. The molecule has 3 rings (SSSR count). The summed E-state index contributed by atoms with van der Waals surface area (Å²) in [7, 11) is -3.30. The largest absolute Gasteiger partial charge is 0.306 e. The van der Waals surface area contributed by atoms with Gasteiger partial charge in [0.25, 0.3) is 5.91 Å². The summed E-state index contributed by atoms with van der Waals surface area (Å²) in [5, 5.41) is 5.19. The van der Waals surface area contributed by atoms with Crippen molar-refractivity contribution in [2.45, 2.75) is 51.6 Å². The average molecular weight is 415 g/mol. The molecule has 0 spiro atoms. The second kappa shape index (κ2) is 7.59. The average Bonchev–Trinajstić information content (AvgIpc) is 3.03. The van der Waals surface area contributed by atoms with Gasteiger partial charge in [0.1, 0.15) is 0 Å². The Morgan fingerprint density at radius 2 is 1.72 bits per heavy atom. The molecule has 1 aromatic carbocycles. The number of amides is 1. The Morgan fingerprint density at radius 1 is 1.10 bits per heavy atom. The number of hydrogen-bond donors (Lipinski definition) is 0. The number of aromatic nitrogens is 3. The lowest BCUT2D eigenvalue weighted by Crippen LogP contribution is -2.37. The molecule has 2 heterocycles. The zero-order valence-corrected chi connectivity index (χ0v) is 18.4. The van der Waals surface area contributed by atoms with Crippen LogP contribution >= 0.6 is 0 Å². The van der Waals surface area contributed by atoms with Crippen molar-refractivity contribution in [1.29, 1.82) is 0 Å². The van der Waals surface area contributed by atoms with Crippen LogP contribution in [0.4, 0.5) is 5.69 Å². The molecular formula is C21H26N4O3S. The van der Waals surface area contributed by atoms with Gasteiger partial charge in [-0.3, -0.25) is 4.79 Å². The van der Waals surface area contributed by atoms with Crippen LogP contribution in [-0.4, -0.2) is 41.4 Å². The van der Waals surface area contributed by atoms with Crippen LogP contribution in [-0.2, 0) is 9.84 Å². The molecule has 0 aliphatic heterocycles. The fourth-order valence-electron chi connectivity index (χ4n) is 3.29. The summed E-state index contributed by atoms with van der Waals surface area (Å²) < 4.78 is 25.3. The van der Waals surface area contributed by atoms with E-state index in [0.717, 1.165) is 17.3 Å². The van der Waals surface area contributed by atoms with Crippen LogP contribution < -0.4 is 4.90 Å². The molecule has 0 atom stereocenters. The van der Waals surface area contributed by atoms with Crippen LogP contribution in [0.1, 0.15) is 49.8 Å². The molecule has 0 fully saturated rings. The van der Waals surface area contributed by atoms with Gasteiger partial charge in [0.05, 0.1) is 22.3 Å². The van der Waals surface area contributed by atoms with Crippen molar-refractivity contribution >= 4 is 32.5 Å². The number of carbonyl (C=O) groups is 1. The SMILES string of the molecule is Cc1nc2c(cnn2C(C)C)cc1C(=O)N(c1ccc(S(C)(=O)=O)cc1)C(C)C. The van der Waals surface area contributed by atoms with Gasteiger partial charge in [-0.05, 0) is 65.0 Å². The maximum absolute atomic E-state index is 13.4. The van der Waals surface area contributed by atoms with Crippen molar-refractivity contribution in [3.8, 4) is 0 Å². The van der Waals surface area contributed by atoms with Crippen LogP contribution in [0.25, 0.3) is 11.0 Å². The van der Waals surface area contributed by atoms with Gasteiger partial charge in [-0.25, -0.2) is 18.1 Å². The fourth-order valence-corrected chi connectivity index (χ4v) is 3.92. The minimum atomic E-state index is -3.30. The monoisotopic (exact) mass is 414 g/mol. The topological polar surface area (TPSA) is 85.2 Å². The van der Waals surface area contributed by atoms with E-state index in [1.807, 2.05) is 45.4 Å². The fraction of sp³-hybridized carbons (Fsp3) is 0.381. The first-order chi connectivity index (χ1) is 13.5. The van der Waals surface area contributed by atoms with Crippen LogP contribution in [0.2, 0.25) is 0 Å². The lowest BCUT2D eigenvalue weighted by Gasteiger charge is -2.27. The third-order valence-corrected chi connectivity index (χ3v) is 5.89. The summed E-state index contributed by atoms with van der Waals surface area (Å²) in [4.78, 5) is 19.9. The van der Waals surface area contributed by atoms with Crippen molar-refractivity contribution in [3.05, 3.63) is 47.8 Å². The Kier molecular flexibility index (Phi) is 5.49. The zero-order valence-electron chi connectivity index (χ0n) is 17.5. The van der Waals surface area contributed by atoms with Gasteiger partial charge in [-0.2, -0.15) is 5.10 Å². The number of anilines is 1. The molecule has 0 unspecified atom stereocenters. The Labute approximate surface area is 171 Å². The Hall–Kier alpha value is -2.74. The highest BCUT2D eigenvalue weighted by atomic mass is 32.2. The number of benzene rings is 1. The van der Waals surface area contributed by atoms with Gasteiger partial charge >= 0.3 is 0 Å². The number of rotatable bonds is 5. The molecule has 0 bridgehead atoms. The Bertz CT molecular complexity index is 1160. The Morgan fingerprint density at radius 3 is 2.24 bits per heavy atom. The number of fused-ring (bicyclic) bond motifs is 1. The van der Waals surface area contributed by atoms with Crippen LogP contribution in [0.5, 0.6) is 0 Å². The Balaban J connectivity index is 2.05. The van der Waals surface area contributed by atoms with Gasteiger partial charge in [0.15, 0.2) is 15.5 Å². The molecular weight excluding hydrogens is 388 g/mol. The molecule has 0 aliphatic rings. The standard InChI is InChI=1S/C21H26N4O3S/c1-13(2)24(17-7-9-18(10-8-17)29(6,27)28)21(26)19-11-16-12-22-25(14(3)4)20(16)23-15(19)5/h7-14H,1-6H3. The van der Waals surface area contributed by atoms with Gasteiger partial charge in [-0.15, -0.1) is 0 Å². The lowest BCUT2D eigenvalue weighted by molar-refractivity contribution is 0.0979. The second-order valence-corrected chi connectivity index (χ2v) is 9.77. The zero-order chi connectivity index (χ0) is 21.5. The number of hydrogen-bond acceptors (Lipinski definition) is 5. The van der Waals surface area contributed by atoms with Gasteiger partial charge in [-0.1, -0.05) is 0 Å². The van der Waals surface area contributed by atoms with E-state index in [0.29, 0.717) is 16.9 Å². The molecule has 29 heavy (non-hydrogen) atoms. The predicted octanol–water partition coefficient (Wildman–Crippen LogP) is 3.78. The molecule has 3 aromatic rings. The third kappa shape index (κ3) is 4.03. The summed E-state index contributed by atoms with van der Waals surface area (Å²) in [6.45, 7) is 9.71. The van der Waals surface area contributed by atoms with E-state index in [9.17, 15) is 13.2 Å². The predicted molar refractivity (Wildman–Crippen MR) is 114 cm³/mol. The highest BCUT2D eigenvalue weighted by molar-refractivity contribution is 7.90. The minimum absolute atomic E-state index is 0.125. The second-order valence-electron chi connectivity index (χ2n) is 7.75. The normalized spacial score (nSPS) is 12.1. The van der Waals surface area contributed by atoms with Crippen LogP contribution in [0.15, 0.2) is 41.4 Å². The van der Waals surface area contributed by atoms with Gasteiger partial charge in [0, 0.05) is 29.4 Å². The maximum Gasteiger partial charge on any atom is 0.260 e. The molecule has 7 nitrogen and oxygen atoms in total. The summed E-state index contributed by atoms with van der Waals surface area (Å²) in [6.07, 6.45) is 2.88. The highest BCUT2D eigenvalue weighted by Crippen LogP contribution is 2.25. The van der Waals surface area contributed by atoms with Crippen molar-refractivity contribution in [2.24, 2.45) is 0 Å². The van der Waals surface area contributed by atoms with Crippen molar-refractivity contribution < 1.29 is 13.2 Å². The summed E-state index contributed by atoms with van der Waals surface area (Å²) >= 11 is 0. The van der Waals surface area contributed by atoms with E-state index in [1.54, 1.807) is 23.2 Å². The highest BCUT2D eigenvalue weighted by Gasteiger charge is 2.24. The summed E-state index contributed by atoms with van der Waals surface area (Å²) in [6, 6.07) is 8.23. The molecule has 8 heteroatoms. The maximum atomic E-state index is 13.4. The molecule has 0 saturated heterocycles. The van der Waals surface area contributed by atoms with Crippen molar-refractivity contribution in [3.63, 3.8) is 0 Å².